The maximum absolute atomic E-state index is 13.0. The minimum absolute atomic E-state index is 0.0599. The summed E-state index contributed by atoms with van der Waals surface area (Å²) in [5, 5.41) is 3.55. The van der Waals surface area contributed by atoms with Crippen LogP contribution in [0.1, 0.15) is 40.7 Å². The lowest BCUT2D eigenvalue weighted by Gasteiger charge is -2.29. The van der Waals surface area contributed by atoms with Crippen LogP contribution in [0, 0.1) is 0 Å². The molecule has 1 N–H and O–H groups in total. The number of fused-ring (bicyclic) bond motifs is 3. The zero-order valence-corrected chi connectivity index (χ0v) is 16.1. The number of rotatable bonds is 3. The molecule has 2 heterocycles. The van der Waals surface area contributed by atoms with Gasteiger partial charge in [-0.3, -0.25) is 9.59 Å². The molecule has 2 atom stereocenters. The average Bonchev–Trinajstić information content (AvgIpc) is 3.04. The standard InChI is InChI=1S/C20H19ClN2O2S/c1-20(2)16(17(24)22-11-12-7-9-13(21)10-8-12)23-18(25)14-5-3-4-6-15(14)19(23)26-20/h3-10,16,19H,11H2,1-2H3,(H,22,24)/t16-,19-/m0/s1. The van der Waals surface area contributed by atoms with Crippen LogP contribution in [0.5, 0.6) is 0 Å². The first-order chi connectivity index (χ1) is 12.4. The van der Waals surface area contributed by atoms with E-state index in [2.05, 4.69) is 5.32 Å². The van der Waals surface area contributed by atoms with Gasteiger partial charge in [0.05, 0.1) is 0 Å². The van der Waals surface area contributed by atoms with Crippen LogP contribution in [0.4, 0.5) is 0 Å². The van der Waals surface area contributed by atoms with Gasteiger partial charge in [0.1, 0.15) is 11.4 Å². The highest BCUT2D eigenvalue weighted by atomic mass is 35.5. The lowest BCUT2D eigenvalue weighted by atomic mass is 10.0. The summed E-state index contributed by atoms with van der Waals surface area (Å²) in [5.74, 6) is -0.184. The van der Waals surface area contributed by atoms with Gasteiger partial charge < -0.3 is 10.2 Å². The van der Waals surface area contributed by atoms with E-state index in [1.165, 1.54) is 0 Å². The van der Waals surface area contributed by atoms with Gasteiger partial charge in [-0.1, -0.05) is 41.9 Å². The number of hydrogen-bond acceptors (Lipinski definition) is 3. The summed E-state index contributed by atoms with van der Waals surface area (Å²) in [6.45, 7) is 4.46. The Bertz CT molecular complexity index is 882. The molecule has 1 saturated heterocycles. The zero-order chi connectivity index (χ0) is 18.5. The Morgan fingerprint density at radius 1 is 1.19 bits per heavy atom. The zero-order valence-electron chi connectivity index (χ0n) is 14.5. The predicted molar refractivity (Wildman–Crippen MR) is 104 cm³/mol. The lowest BCUT2D eigenvalue weighted by Crippen LogP contribution is -2.52. The SMILES string of the molecule is CC1(C)S[C@H]2c3ccccc3C(=O)N2[C@H]1C(=O)NCc1ccc(Cl)cc1. The Balaban J connectivity index is 1.56. The van der Waals surface area contributed by atoms with Crippen LogP contribution in [-0.4, -0.2) is 27.5 Å². The molecule has 6 heteroatoms. The Morgan fingerprint density at radius 3 is 2.62 bits per heavy atom. The summed E-state index contributed by atoms with van der Waals surface area (Å²) in [5.41, 5.74) is 2.68. The van der Waals surface area contributed by atoms with E-state index < -0.39 is 6.04 Å². The van der Waals surface area contributed by atoms with Gasteiger partial charge in [-0.25, -0.2) is 0 Å². The van der Waals surface area contributed by atoms with Crippen molar-refractivity contribution < 1.29 is 9.59 Å². The van der Waals surface area contributed by atoms with E-state index in [0.717, 1.165) is 11.1 Å². The van der Waals surface area contributed by atoms with E-state index in [1.807, 2.05) is 50.2 Å². The maximum atomic E-state index is 13.0. The van der Waals surface area contributed by atoms with Gasteiger partial charge >= 0.3 is 0 Å². The third kappa shape index (κ3) is 2.79. The van der Waals surface area contributed by atoms with E-state index in [9.17, 15) is 9.59 Å². The first-order valence-electron chi connectivity index (χ1n) is 8.50. The third-order valence-corrected chi connectivity index (χ3v) is 6.71. The molecule has 0 bridgehead atoms. The fraction of sp³-hybridized carbons (Fsp3) is 0.300. The fourth-order valence-electron chi connectivity index (χ4n) is 3.69. The molecule has 2 aliphatic rings. The Hall–Kier alpha value is -1.98. The Labute approximate surface area is 161 Å². The van der Waals surface area contributed by atoms with Crippen LogP contribution in [0.3, 0.4) is 0 Å². The molecule has 2 aromatic rings. The number of thioether (sulfide) groups is 1. The van der Waals surface area contributed by atoms with Crippen LogP contribution < -0.4 is 5.32 Å². The molecule has 2 aromatic carbocycles. The molecule has 0 aliphatic carbocycles. The number of nitrogens with zero attached hydrogens (tertiary/aromatic N) is 1. The number of amides is 2. The monoisotopic (exact) mass is 386 g/mol. The van der Waals surface area contributed by atoms with E-state index in [-0.39, 0.29) is 21.9 Å². The second-order valence-corrected chi connectivity index (χ2v) is 9.29. The Kier molecular flexibility index (Phi) is 4.24. The topological polar surface area (TPSA) is 49.4 Å². The summed E-state index contributed by atoms with van der Waals surface area (Å²) >= 11 is 7.57. The van der Waals surface area contributed by atoms with Crippen molar-refractivity contribution in [2.75, 3.05) is 0 Å². The van der Waals surface area contributed by atoms with Gasteiger partial charge in [-0.05, 0) is 43.2 Å². The number of halogens is 1. The van der Waals surface area contributed by atoms with Crippen molar-refractivity contribution in [3.8, 4) is 0 Å². The molecule has 2 amide bonds. The second kappa shape index (κ2) is 6.32. The average molecular weight is 387 g/mol. The van der Waals surface area contributed by atoms with Crippen molar-refractivity contribution >= 4 is 35.2 Å². The van der Waals surface area contributed by atoms with Crippen molar-refractivity contribution in [1.82, 2.24) is 10.2 Å². The number of benzene rings is 2. The molecular formula is C20H19ClN2O2S. The molecular weight excluding hydrogens is 368 g/mol. The first kappa shape index (κ1) is 17.4. The highest BCUT2D eigenvalue weighted by molar-refractivity contribution is 8.01. The number of carbonyl (C=O) groups excluding carboxylic acids is 2. The van der Waals surface area contributed by atoms with Gasteiger partial charge in [-0.2, -0.15) is 0 Å². The van der Waals surface area contributed by atoms with Crippen molar-refractivity contribution in [3.63, 3.8) is 0 Å². The van der Waals surface area contributed by atoms with E-state index >= 15 is 0 Å². The summed E-state index contributed by atoms with van der Waals surface area (Å²) in [7, 11) is 0. The number of hydrogen-bond donors (Lipinski definition) is 1. The highest BCUT2D eigenvalue weighted by Crippen LogP contribution is 2.56. The first-order valence-corrected chi connectivity index (χ1v) is 9.76. The van der Waals surface area contributed by atoms with Gasteiger partial charge in [-0.15, -0.1) is 11.8 Å². The van der Waals surface area contributed by atoms with Gasteiger partial charge in [0.15, 0.2) is 0 Å². The Morgan fingerprint density at radius 2 is 1.88 bits per heavy atom. The highest BCUT2D eigenvalue weighted by Gasteiger charge is 2.57. The van der Waals surface area contributed by atoms with Crippen LogP contribution in [-0.2, 0) is 11.3 Å². The maximum Gasteiger partial charge on any atom is 0.256 e. The summed E-state index contributed by atoms with van der Waals surface area (Å²) < 4.78 is -0.363. The van der Waals surface area contributed by atoms with Crippen molar-refractivity contribution in [2.45, 2.75) is 36.6 Å². The fourth-order valence-corrected chi connectivity index (χ4v) is 5.41. The smallest absolute Gasteiger partial charge is 0.256 e. The molecule has 134 valence electrons. The van der Waals surface area contributed by atoms with Crippen LogP contribution >= 0.6 is 23.4 Å². The molecule has 0 radical (unpaired) electrons. The molecule has 0 aromatic heterocycles. The van der Waals surface area contributed by atoms with Crippen LogP contribution in [0.15, 0.2) is 48.5 Å². The third-order valence-electron chi connectivity index (χ3n) is 4.92. The minimum atomic E-state index is -0.510. The van der Waals surface area contributed by atoms with Crippen molar-refractivity contribution in [3.05, 3.63) is 70.2 Å². The number of carbonyl (C=O) groups is 2. The molecule has 0 unspecified atom stereocenters. The summed E-state index contributed by atoms with van der Waals surface area (Å²) in [6, 6.07) is 14.5. The minimum Gasteiger partial charge on any atom is -0.350 e. The van der Waals surface area contributed by atoms with Crippen LogP contribution in [0.25, 0.3) is 0 Å². The lowest BCUT2D eigenvalue weighted by molar-refractivity contribution is -0.126. The predicted octanol–water partition coefficient (Wildman–Crippen LogP) is 4.00. The molecule has 4 rings (SSSR count). The van der Waals surface area contributed by atoms with Gasteiger partial charge in [0, 0.05) is 21.9 Å². The molecule has 0 spiro atoms. The van der Waals surface area contributed by atoms with Crippen molar-refractivity contribution in [1.29, 1.82) is 0 Å². The quantitative estimate of drug-likeness (QED) is 0.867. The normalized spacial score (nSPS) is 22.9. The molecule has 0 saturated carbocycles. The summed E-state index contributed by atoms with van der Waals surface area (Å²) in [6.07, 6.45) is 0. The second-order valence-electron chi connectivity index (χ2n) is 7.12. The van der Waals surface area contributed by atoms with Gasteiger partial charge in [0.2, 0.25) is 5.91 Å². The van der Waals surface area contributed by atoms with E-state index in [4.69, 9.17) is 11.6 Å². The summed E-state index contributed by atoms with van der Waals surface area (Å²) in [4.78, 5) is 27.6. The number of nitrogens with one attached hydrogen (secondary N) is 1. The molecule has 2 aliphatic heterocycles. The van der Waals surface area contributed by atoms with E-state index in [1.54, 1.807) is 28.8 Å². The van der Waals surface area contributed by atoms with E-state index in [0.29, 0.717) is 17.1 Å². The molecule has 1 fully saturated rings. The largest absolute Gasteiger partial charge is 0.350 e. The molecule has 4 nitrogen and oxygen atoms in total. The van der Waals surface area contributed by atoms with Crippen molar-refractivity contribution in [2.24, 2.45) is 0 Å². The molecule has 26 heavy (non-hydrogen) atoms. The van der Waals surface area contributed by atoms with Gasteiger partial charge in [0.25, 0.3) is 5.91 Å². The van der Waals surface area contributed by atoms with Crippen LogP contribution in [0.2, 0.25) is 5.02 Å².